The number of hydrogen-bond donors (Lipinski definition) is 1. The van der Waals surface area contributed by atoms with Crippen LogP contribution in [0.3, 0.4) is 0 Å². The molecule has 3 rings (SSSR count). The van der Waals surface area contributed by atoms with Crippen LogP contribution in [0.1, 0.15) is 28.4 Å². The molecule has 0 bridgehead atoms. The van der Waals surface area contributed by atoms with E-state index in [1.54, 1.807) is 42.5 Å². The van der Waals surface area contributed by atoms with Crippen LogP contribution in [0.5, 0.6) is 11.5 Å². The molecule has 0 aliphatic heterocycles. The van der Waals surface area contributed by atoms with E-state index in [2.05, 4.69) is 5.32 Å². The van der Waals surface area contributed by atoms with E-state index in [1.807, 2.05) is 0 Å². The molecule has 156 valence electrons. The molecule has 0 aliphatic rings. The molecule has 1 amide bonds. The van der Waals surface area contributed by atoms with Gasteiger partial charge in [0.25, 0.3) is 5.91 Å². The molecule has 0 spiro atoms. The molecule has 0 radical (unpaired) electrons. The number of esters is 1. The van der Waals surface area contributed by atoms with Crippen molar-refractivity contribution in [2.75, 3.05) is 21.3 Å². The smallest absolute Gasteiger partial charge is 0.349 e. The third-order valence-corrected chi connectivity index (χ3v) is 4.60. The molecule has 1 aromatic heterocycles. The number of carbonyl (C=O) groups excluding carboxylic acids is 2. The Morgan fingerprint density at radius 2 is 1.73 bits per heavy atom. The van der Waals surface area contributed by atoms with Gasteiger partial charge in [-0.15, -0.1) is 0 Å². The molecule has 1 heterocycles. The van der Waals surface area contributed by atoms with E-state index >= 15 is 0 Å². The van der Waals surface area contributed by atoms with Gasteiger partial charge in [-0.2, -0.15) is 0 Å². The molecule has 1 unspecified atom stereocenters. The molecule has 0 saturated heterocycles. The zero-order chi connectivity index (χ0) is 21.7. The quantitative estimate of drug-likeness (QED) is 0.471. The van der Waals surface area contributed by atoms with E-state index in [0.29, 0.717) is 28.0 Å². The van der Waals surface area contributed by atoms with E-state index < -0.39 is 23.5 Å². The van der Waals surface area contributed by atoms with Crippen molar-refractivity contribution in [1.29, 1.82) is 0 Å². The minimum absolute atomic E-state index is 0.142. The predicted molar refractivity (Wildman–Crippen MR) is 109 cm³/mol. The number of methoxy groups -OCH3 is 3. The molecule has 0 fully saturated rings. The van der Waals surface area contributed by atoms with Gasteiger partial charge in [0, 0.05) is 5.39 Å². The fourth-order valence-corrected chi connectivity index (χ4v) is 3.03. The van der Waals surface area contributed by atoms with Gasteiger partial charge in [0.05, 0.1) is 33.8 Å². The summed E-state index contributed by atoms with van der Waals surface area (Å²) in [7, 11) is 4.24. The lowest BCUT2D eigenvalue weighted by atomic mass is 10.0. The van der Waals surface area contributed by atoms with Crippen LogP contribution in [0.4, 0.5) is 0 Å². The average molecular weight is 411 g/mol. The van der Waals surface area contributed by atoms with Crippen molar-refractivity contribution in [1.82, 2.24) is 5.32 Å². The van der Waals surface area contributed by atoms with Gasteiger partial charge in [-0.05, 0) is 29.8 Å². The summed E-state index contributed by atoms with van der Waals surface area (Å²) in [6, 6.07) is 12.6. The number of fused-ring (bicyclic) bond motifs is 1. The second-order valence-electron chi connectivity index (χ2n) is 6.41. The minimum atomic E-state index is -0.768. The van der Waals surface area contributed by atoms with Gasteiger partial charge in [-0.1, -0.05) is 24.3 Å². The third-order valence-electron chi connectivity index (χ3n) is 4.60. The van der Waals surface area contributed by atoms with Gasteiger partial charge >= 0.3 is 11.6 Å². The molecule has 1 atom stereocenters. The van der Waals surface area contributed by atoms with Crippen LogP contribution in [0.2, 0.25) is 0 Å². The van der Waals surface area contributed by atoms with Gasteiger partial charge in [-0.25, -0.2) is 4.79 Å². The average Bonchev–Trinajstić information content (AvgIpc) is 2.77. The molecule has 8 heteroatoms. The van der Waals surface area contributed by atoms with Crippen molar-refractivity contribution in [3.8, 4) is 11.5 Å². The molecule has 1 N–H and O–H groups in total. The largest absolute Gasteiger partial charge is 0.493 e. The first-order valence-electron chi connectivity index (χ1n) is 9.09. The summed E-state index contributed by atoms with van der Waals surface area (Å²) in [5, 5.41) is 3.32. The molecule has 3 aromatic rings. The molecular formula is C22H21NO7. The summed E-state index contributed by atoms with van der Waals surface area (Å²) in [4.78, 5) is 37.1. The Balaban J connectivity index is 1.95. The van der Waals surface area contributed by atoms with E-state index in [-0.39, 0.29) is 12.0 Å². The Hall–Kier alpha value is -3.81. The summed E-state index contributed by atoms with van der Waals surface area (Å²) in [5.74, 6) is -0.261. The van der Waals surface area contributed by atoms with Crippen molar-refractivity contribution in [3.63, 3.8) is 0 Å². The first-order chi connectivity index (χ1) is 14.5. The number of carbonyl (C=O) groups is 2. The molecule has 8 nitrogen and oxygen atoms in total. The van der Waals surface area contributed by atoms with E-state index in [0.717, 1.165) is 0 Å². The second-order valence-corrected chi connectivity index (χ2v) is 6.41. The summed E-state index contributed by atoms with van der Waals surface area (Å²) in [6.07, 6.45) is -0.142. The van der Waals surface area contributed by atoms with Crippen molar-refractivity contribution < 1.29 is 28.2 Å². The van der Waals surface area contributed by atoms with E-state index in [1.165, 1.54) is 27.4 Å². The van der Waals surface area contributed by atoms with Gasteiger partial charge in [0.1, 0.15) is 11.1 Å². The highest BCUT2D eigenvalue weighted by Gasteiger charge is 2.23. The van der Waals surface area contributed by atoms with Crippen LogP contribution in [0.15, 0.2) is 57.7 Å². The zero-order valence-corrected chi connectivity index (χ0v) is 16.8. The van der Waals surface area contributed by atoms with E-state index in [9.17, 15) is 14.4 Å². The van der Waals surface area contributed by atoms with E-state index in [4.69, 9.17) is 18.6 Å². The predicted octanol–water partition coefficient (Wildman–Crippen LogP) is 2.84. The lowest BCUT2D eigenvalue weighted by Crippen LogP contribution is -2.33. The molecular weight excluding hydrogens is 390 g/mol. The number of hydrogen-bond acceptors (Lipinski definition) is 7. The van der Waals surface area contributed by atoms with Crippen molar-refractivity contribution in [2.24, 2.45) is 0 Å². The van der Waals surface area contributed by atoms with Crippen LogP contribution in [0, 0.1) is 0 Å². The highest BCUT2D eigenvalue weighted by atomic mass is 16.5. The fourth-order valence-electron chi connectivity index (χ4n) is 3.03. The lowest BCUT2D eigenvalue weighted by molar-refractivity contribution is -0.141. The van der Waals surface area contributed by atoms with Gasteiger partial charge in [0.2, 0.25) is 0 Å². The first-order valence-corrected chi connectivity index (χ1v) is 9.09. The number of benzene rings is 2. The van der Waals surface area contributed by atoms with Crippen molar-refractivity contribution in [3.05, 3.63) is 70.1 Å². The summed E-state index contributed by atoms with van der Waals surface area (Å²) >= 11 is 0. The zero-order valence-electron chi connectivity index (χ0n) is 16.8. The molecule has 30 heavy (non-hydrogen) atoms. The van der Waals surface area contributed by atoms with Crippen molar-refractivity contribution >= 4 is 22.8 Å². The monoisotopic (exact) mass is 411 g/mol. The Kier molecular flexibility index (Phi) is 6.36. The maximum absolute atomic E-state index is 12.9. The molecule has 0 aliphatic carbocycles. The van der Waals surface area contributed by atoms with Crippen LogP contribution in [-0.2, 0) is 9.53 Å². The number of para-hydroxylation sites is 1. The summed E-state index contributed by atoms with van der Waals surface area (Å²) in [6.45, 7) is 0. The maximum atomic E-state index is 12.9. The van der Waals surface area contributed by atoms with Crippen molar-refractivity contribution in [2.45, 2.75) is 12.5 Å². The van der Waals surface area contributed by atoms with Crippen LogP contribution in [-0.4, -0.2) is 33.2 Å². The second kappa shape index (κ2) is 9.13. The topological polar surface area (TPSA) is 104 Å². The van der Waals surface area contributed by atoms with Gasteiger partial charge < -0.3 is 23.9 Å². The van der Waals surface area contributed by atoms with Gasteiger partial charge in [-0.3, -0.25) is 9.59 Å². The lowest BCUT2D eigenvalue weighted by Gasteiger charge is -2.19. The van der Waals surface area contributed by atoms with Crippen LogP contribution >= 0.6 is 0 Å². The highest BCUT2D eigenvalue weighted by molar-refractivity contribution is 5.97. The number of rotatable bonds is 7. The Morgan fingerprint density at radius 1 is 1.00 bits per heavy atom. The number of nitrogens with one attached hydrogen (secondary N) is 1. The molecule has 0 saturated carbocycles. The van der Waals surface area contributed by atoms with Crippen LogP contribution < -0.4 is 20.4 Å². The van der Waals surface area contributed by atoms with Gasteiger partial charge in [0.15, 0.2) is 11.5 Å². The third kappa shape index (κ3) is 4.43. The normalized spacial score (nSPS) is 11.6. The highest BCUT2D eigenvalue weighted by Crippen LogP contribution is 2.31. The number of ether oxygens (including phenoxy) is 3. The summed E-state index contributed by atoms with van der Waals surface area (Å²) in [5.41, 5.74) is 0.0287. The standard InChI is InChI=1S/C22H21NO7/c1-27-18-9-8-13(11-19(18)28-2)16(12-20(24)29-3)23-21(25)15-10-14-6-4-5-7-17(14)30-22(15)26/h4-11,16H,12H2,1-3H3,(H,23,25). The SMILES string of the molecule is COC(=O)CC(NC(=O)c1cc2ccccc2oc1=O)c1ccc(OC)c(OC)c1. The Labute approximate surface area is 172 Å². The minimum Gasteiger partial charge on any atom is -0.493 e. The molecule has 2 aromatic carbocycles. The maximum Gasteiger partial charge on any atom is 0.349 e. The fraction of sp³-hybridized carbons (Fsp3) is 0.227. The Morgan fingerprint density at radius 3 is 2.43 bits per heavy atom. The number of amides is 1. The summed E-state index contributed by atoms with van der Waals surface area (Å²) < 4.78 is 20.5. The van der Waals surface area contributed by atoms with Crippen LogP contribution in [0.25, 0.3) is 11.0 Å². The Bertz CT molecular complexity index is 1140. The first kappa shape index (κ1) is 20.9.